The van der Waals surface area contributed by atoms with Gasteiger partial charge in [0.1, 0.15) is 5.82 Å². The summed E-state index contributed by atoms with van der Waals surface area (Å²) in [5.41, 5.74) is 2.25. The zero-order chi connectivity index (χ0) is 17.9. The molecule has 0 aliphatic heterocycles. The number of carbonyl (C=O) groups excluding carboxylic acids is 1. The summed E-state index contributed by atoms with van der Waals surface area (Å²) in [4.78, 5) is 24.5. The van der Waals surface area contributed by atoms with Gasteiger partial charge in [-0.15, -0.1) is 0 Å². The topological polar surface area (TPSA) is 90.9 Å². The fraction of sp³-hybridized carbons (Fsp3) is 0.250. The van der Waals surface area contributed by atoms with Gasteiger partial charge < -0.3 is 15.4 Å². The number of imidazole rings is 1. The highest BCUT2D eigenvalue weighted by Crippen LogP contribution is 2.37. The fourth-order valence-electron chi connectivity index (χ4n) is 3.35. The summed E-state index contributed by atoms with van der Waals surface area (Å²) in [6.07, 6.45) is 6.22. The van der Waals surface area contributed by atoms with Crippen LogP contribution in [-0.4, -0.2) is 32.1 Å². The first-order valence-electron chi connectivity index (χ1n) is 8.70. The summed E-state index contributed by atoms with van der Waals surface area (Å²) < 4.78 is 0. The van der Waals surface area contributed by atoms with E-state index in [0.29, 0.717) is 18.4 Å². The van der Waals surface area contributed by atoms with Crippen LogP contribution in [0.4, 0.5) is 0 Å². The van der Waals surface area contributed by atoms with Crippen LogP contribution in [0.2, 0.25) is 0 Å². The first-order chi connectivity index (χ1) is 12.7. The summed E-state index contributed by atoms with van der Waals surface area (Å²) in [5.74, 6) is 0.760. The van der Waals surface area contributed by atoms with Crippen LogP contribution in [-0.2, 0) is 0 Å². The molecule has 1 aliphatic carbocycles. The summed E-state index contributed by atoms with van der Waals surface area (Å²) >= 11 is 0. The summed E-state index contributed by atoms with van der Waals surface area (Å²) in [7, 11) is 0. The number of nitrogens with zero attached hydrogens (tertiary/aromatic N) is 2. The number of hydrogen-bond donors (Lipinski definition) is 3. The Balaban J connectivity index is 1.56. The highest BCUT2D eigenvalue weighted by Gasteiger charge is 2.36. The van der Waals surface area contributed by atoms with Crippen molar-refractivity contribution in [2.24, 2.45) is 5.92 Å². The predicted molar refractivity (Wildman–Crippen MR) is 97.2 cm³/mol. The van der Waals surface area contributed by atoms with Gasteiger partial charge in [-0.1, -0.05) is 18.2 Å². The minimum Gasteiger partial charge on any atom is -0.393 e. The quantitative estimate of drug-likeness (QED) is 0.661. The van der Waals surface area contributed by atoms with E-state index in [2.05, 4.69) is 20.3 Å². The molecule has 0 spiro atoms. The van der Waals surface area contributed by atoms with Gasteiger partial charge in [0.25, 0.3) is 5.91 Å². The van der Waals surface area contributed by atoms with E-state index in [1.807, 2.05) is 36.4 Å². The number of aliphatic hydroxyl groups excluding tert-OH is 1. The Hall–Kier alpha value is -2.99. The highest BCUT2D eigenvalue weighted by molar-refractivity contribution is 5.95. The van der Waals surface area contributed by atoms with E-state index in [1.54, 1.807) is 24.7 Å². The summed E-state index contributed by atoms with van der Waals surface area (Å²) in [5, 5.41) is 12.8. The first kappa shape index (κ1) is 16.5. The van der Waals surface area contributed by atoms with Crippen molar-refractivity contribution < 1.29 is 9.90 Å². The van der Waals surface area contributed by atoms with Crippen LogP contribution in [0, 0.1) is 5.92 Å². The normalized spacial score (nSPS) is 20.2. The second-order valence-corrected chi connectivity index (χ2v) is 6.61. The number of rotatable bonds is 5. The lowest BCUT2D eigenvalue weighted by Gasteiger charge is -2.37. The number of nitrogens with one attached hydrogen (secondary N) is 2. The van der Waals surface area contributed by atoms with E-state index in [-0.39, 0.29) is 24.0 Å². The maximum absolute atomic E-state index is 12.8. The molecular weight excluding hydrogens is 328 g/mol. The molecule has 132 valence electrons. The number of pyridine rings is 1. The van der Waals surface area contributed by atoms with Crippen LogP contribution in [0.15, 0.2) is 61.1 Å². The molecule has 2 heterocycles. The summed E-state index contributed by atoms with van der Waals surface area (Å²) in [6.45, 7) is 0. The van der Waals surface area contributed by atoms with Crippen molar-refractivity contribution in [2.45, 2.75) is 25.0 Å². The van der Waals surface area contributed by atoms with Crippen molar-refractivity contribution in [3.63, 3.8) is 0 Å². The van der Waals surface area contributed by atoms with Crippen LogP contribution < -0.4 is 5.32 Å². The molecule has 3 N–H and O–H groups in total. The molecule has 1 atom stereocenters. The van der Waals surface area contributed by atoms with E-state index in [0.717, 1.165) is 17.1 Å². The Morgan fingerprint density at radius 1 is 1.15 bits per heavy atom. The molecule has 1 aromatic carbocycles. The number of aromatic amines is 1. The predicted octanol–water partition coefficient (Wildman–Crippen LogP) is 2.71. The van der Waals surface area contributed by atoms with Gasteiger partial charge in [-0.3, -0.25) is 9.78 Å². The standard InChI is InChI=1S/C20H20N4O2/c25-16-11-15(12-16)18(17-6-1-2-7-21-17)24-20(26)14-5-3-4-13(10-14)19-22-8-9-23-19/h1-10,15-16,18,25H,11-12H2,(H,22,23)(H,24,26)/t15?,16?,18-/m1/s1. The Bertz CT molecular complexity index is 874. The molecule has 0 bridgehead atoms. The lowest BCUT2D eigenvalue weighted by molar-refractivity contribution is 0.0228. The molecule has 4 rings (SSSR count). The van der Waals surface area contributed by atoms with Crippen LogP contribution in [0.3, 0.4) is 0 Å². The number of amides is 1. The Labute approximate surface area is 151 Å². The molecule has 6 heteroatoms. The summed E-state index contributed by atoms with van der Waals surface area (Å²) in [6, 6.07) is 12.8. The van der Waals surface area contributed by atoms with Gasteiger partial charge >= 0.3 is 0 Å². The van der Waals surface area contributed by atoms with Gasteiger partial charge in [-0.05, 0) is 43.0 Å². The van der Waals surface area contributed by atoms with Crippen molar-refractivity contribution >= 4 is 5.91 Å². The average molecular weight is 348 g/mol. The lowest BCUT2D eigenvalue weighted by Crippen LogP contribution is -2.41. The largest absolute Gasteiger partial charge is 0.393 e. The smallest absolute Gasteiger partial charge is 0.251 e. The zero-order valence-electron chi connectivity index (χ0n) is 14.2. The second kappa shape index (κ2) is 7.09. The minimum atomic E-state index is -0.287. The third-order valence-corrected chi connectivity index (χ3v) is 4.81. The van der Waals surface area contributed by atoms with Crippen molar-refractivity contribution in [1.29, 1.82) is 0 Å². The molecule has 3 aromatic rings. The van der Waals surface area contributed by atoms with Crippen molar-refractivity contribution in [2.75, 3.05) is 0 Å². The number of aromatic nitrogens is 3. The van der Waals surface area contributed by atoms with E-state index < -0.39 is 0 Å². The van der Waals surface area contributed by atoms with Crippen molar-refractivity contribution in [3.8, 4) is 11.4 Å². The van der Waals surface area contributed by atoms with Gasteiger partial charge in [-0.2, -0.15) is 0 Å². The molecule has 0 radical (unpaired) electrons. The maximum atomic E-state index is 12.8. The van der Waals surface area contributed by atoms with Crippen molar-refractivity contribution in [3.05, 3.63) is 72.3 Å². The molecule has 1 amide bonds. The van der Waals surface area contributed by atoms with E-state index in [1.165, 1.54) is 0 Å². The molecule has 6 nitrogen and oxygen atoms in total. The Morgan fingerprint density at radius 2 is 2.04 bits per heavy atom. The number of carbonyl (C=O) groups is 1. The SMILES string of the molecule is O=C(N[C@@H](c1ccccn1)C1CC(O)C1)c1cccc(-c2ncc[nH]2)c1. The lowest BCUT2D eigenvalue weighted by atomic mass is 9.76. The zero-order valence-corrected chi connectivity index (χ0v) is 14.2. The van der Waals surface area contributed by atoms with Gasteiger partial charge in [0.2, 0.25) is 0 Å². The highest BCUT2D eigenvalue weighted by atomic mass is 16.3. The van der Waals surface area contributed by atoms with Crippen LogP contribution in [0.1, 0.15) is 34.9 Å². The van der Waals surface area contributed by atoms with E-state index in [9.17, 15) is 9.90 Å². The third kappa shape index (κ3) is 3.36. The molecule has 26 heavy (non-hydrogen) atoms. The molecule has 1 aliphatic rings. The molecule has 1 fully saturated rings. The molecular formula is C20H20N4O2. The third-order valence-electron chi connectivity index (χ3n) is 4.81. The average Bonchev–Trinajstić information content (AvgIpc) is 3.19. The van der Waals surface area contributed by atoms with Crippen LogP contribution in [0.25, 0.3) is 11.4 Å². The number of benzene rings is 1. The fourth-order valence-corrected chi connectivity index (χ4v) is 3.35. The second-order valence-electron chi connectivity index (χ2n) is 6.61. The maximum Gasteiger partial charge on any atom is 0.251 e. The van der Waals surface area contributed by atoms with Gasteiger partial charge in [0.15, 0.2) is 0 Å². The number of H-pyrrole nitrogens is 1. The van der Waals surface area contributed by atoms with Crippen LogP contribution >= 0.6 is 0 Å². The molecule has 2 aromatic heterocycles. The van der Waals surface area contributed by atoms with E-state index >= 15 is 0 Å². The van der Waals surface area contributed by atoms with Gasteiger partial charge in [0, 0.05) is 29.7 Å². The van der Waals surface area contributed by atoms with Gasteiger partial charge in [0.05, 0.1) is 17.8 Å². The monoisotopic (exact) mass is 348 g/mol. The molecule has 0 unspecified atom stereocenters. The molecule has 0 saturated heterocycles. The van der Waals surface area contributed by atoms with E-state index in [4.69, 9.17) is 0 Å². The molecule has 1 saturated carbocycles. The Morgan fingerprint density at radius 3 is 2.73 bits per heavy atom. The van der Waals surface area contributed by atoms with Gasteiger partial charge in [-0.25, -0.2) is 4.98 Å². The number of aliphatic hydroxyl groups is 1. The Kier molecular flexibility index (Phi) is 4.50. The van der Waals surface area contributed by atoms with Crippen molar-refractivity contribution in [1.82, 2.24) is 20.3 Å². The number of hydrogen-bond acceptors (Lipinski definition) is 4. The van der Waals surface area contributed by atoms with Crippen LogP contribution in [0.5, 0.6) is 0 Å². The first-order valence-corrected chi connectivity index (χ1v) is 8.70. The minimum absolute atomic E-state index is 0.157.